The molecule has 0 radical (unpaired) electrons. The number of hydrogen-bond donors (Lipinski definition) is 0. The molecular formula is C36H23NOS. The lowest BCUT2D eigenvalue weighted by molar-refractivity contribution is 0.269. The van der Waals surface area contributed by atoms with E-state index in [0.29, 0.717) is 0 Å². The highest BCUT2D eigenvalue weighted by Gasteiger charge is 2.33. The Bertz CT molecular complexity index is 2120. The van der Waals surface area contributed by atoms with Gasteiger partial charge in [-0.05, 0) is 47.5 Å². The molecule has 2 atom stereocenters. The fraction of sp³-hybridized carbons (Fsp3) is 0.0556. The molecule has 1 aliphatic carbocycles. The average molecular weight is 518 g/mol. The zero-order chi connectivity index (χ0) is 25.5. The third-order valence-corrected chi connectivity index (χ3v) is 9.54. The molecule has 9 rings (SSSR count). The van der Waals surface area contributed by atoms with E-state index in [0.717, 1.165) is 5.75 Å². The van der Waals surface area contributed by atoms with Gasteiger partial charge in [-0.15, -0.1) is 11.3 Å². The molecule has 3 heterocycles. The van der Waals surface area contributed by atoms with Crippen molar-refractivity contribution in [2.75, 3.05) is 0 Å². The number of fused-ring (bicyclic) bond motifs is 9. The molecule has 184 valence electrons. The van der Waals surface area contributed by atoms with Crippen molar-refractivity contribution in [2.24, 2.45) is 0 Å². The van der Waals surface area contributed by atoms with Crippen LogP contribution < -0.4 is 4.74 Å². The van der Waals surface area contributed by atoms with E-state index in [2.05, 4.69) is 126 Å². The second-order valence-electron chi connectivity index (χ2n) is 10.5. The monoisotopic (exact) mass is 517 g/mol. The summed E-state index contributed by atoms with van der Waals surface area (Å²) in [5, 5.41) is 5.21. The van der Waals surface area contributed by atoms with Crippen LogP contribution in [0.4, 0.5) is 0 Å². The first kappa shape index (κ1) is 21.3. The van der Waals surface area contributed by atoms with Crippen LogP contribution in [-0.4, -0.2) is 10.7 Å². The zero-order valence-electron chi connectivity index (χ0n) is 21.0. The van der Waals surface area contributed by atoms with E-state index in [1.165, 1.54) is 64.4 Å². The maximum atomic E-state index is 6.18. The van der Waals surface area contributed by atoms with Crippen LogP contribution in [0.25, 0.3) is 53.2 Å². The molecule has 2 nitrogen and oxygen atoms in total. The zero-order valence-corrected chi connectivity index (χ0v) is 21.9. The average Bonchev–Trinajstić information content (AvgIpc) is 3.66. The predicted molar refractivity (Wildman–Crippen MR) is 164 cm³/mol. The van der Waals surface area contributed by atoms with Crippen molar-refractivity contribution in [1.82, 2.24) is 4.57 Å². The Kier molecular flexibility index (Phi) is 4.35. The third-order valence-electron chi connectivity index (χ3n) is 8.35. The SMILES string of the molecule is C1=CC2Oc3ccccc3C2C=C1c1ccc2c(c1)sc1c(-n3c4ccccc4c4ccccc43)cccc12. The number of aromatic nitrogens is 1. The molecule has 7 aromatic rings. The number of ether oxygens (including phenoxy) is 1. The lowest BCUT2D eigenvalue weighted by Crippen LogP contribution is -2.16. The minimum absolute atomic E-state index is 0.0907. The third kappa shape index (κ3) is 3.02. The van der Waals surface area contributed by atoms with Crippen LogP contribution in [0, 0.1) is 0 Å². The molecule has 0 spiro atoms. The number of thiophene rings is 1. The topological polar surface area (TPSA) is 14.2 Å². The number of para-hydroxylation sites is 3. The Balaban J connectivity index is 1.22. The molecule has 0 saturated carbocycles. The quantitative estimate of drug-likeness (QED) is 0.223. The number of rotatable bonds is 2. The van der Waals surface area contributed by atoms with E-state index in [1.54, 1.807) is 0 Å². The summed E-state index contributed by atoms with van der Waals surface area (Å²) in [7, 11) is 0. The smallest absolute Gasteiger partial charge is 0.128 e. The largest absolute Gasteiger partial charge is 0.485 e. The van der Waals surface area contributed by atoms with Gasteiger partial charge in [0.25, 0.3) is 0 Å². The normalized spacial score (nSPS) is 18.0. The first-order chi connectivity index (χ1) is 19.3. The molecule has 2 aromatic heterocycles. The van der Waals surface area contributed by atoms with Gasteiger partial charge < -0.3 is 9.30 Å². The number of nitrogens with zero attached hydrogens (tertiary/aromatic N) is 1. The Labute approximate surface area is 229 Å². The van der Waals surface area contributed by atoms with Crippen molar-refractivity contribution in [3.05, 3.63) is 139 Å². The van der Waals surface area contributed by atoms with Gasteiger partial charge in [0.2, 0.25) is 0 Å². The summed E-state index contributed by atoms with van der Waals surface area (Å²) in [4.78, 5) is 0. The van der Waals surface area contributed by atoms with Crippen molar-refractivity contribution in [2.45, 2.75) is 12.0 Å². The highest BCUT2D eigenvalue weighted by atomic mass is 32.1. The second-order valence-corrected chi connectivity index (χ2v) is 11.5. The summed E-state index contributed by atoms with van der Waals surface area (Å²) in [6.07, 6.45) is 6.92. The lowest BCUT2D eigenvalue weighted by Gasteiger charge is -2.18. The van der Waals surface area contributed by atoms with Crippen LogP contribution in [0.3, 0.4) is 0 Å². The van der Waals surface area contributed by atoms with Crippen LogP contribution in [0.2, 0.25) is 0 Å². The number of hydrogen-bond acceptors (Lipinski definition) is 2. The lowest BCUT2D eigenvalue weighted by atomic mass is 9.87. The van der Waals surface area contributed by atoms with Crippen molar-refractivity contribution in [3.63, 3.8) is 0 Å². The Morgan fingerprint density at radius 1 is 0.667 bits per heavy atom. The maximum Gasteiger partial charge on any atom is 0.128 e. The summed E-state index contributed by atoms with van der Waals surface area (Å²) in [6.45, 7) is 0. The van der Waals surface area contributed by atoms with Gasteiger partial charge in [-0.2, -0.15) is 0 Å². The van der Waals surface area contributed by atoms with E-state index in [4.69, 9.17) is 4.74 Å². The summed E-state index contributed by atoms with van der Waals surface area (Å²) < 4.78 is 11.3. The minimum atomic E-state index is 0.0907. The molecule has 2 unspecified atom stereocenters. The van der Waals surface area contributed by atoms with Crippen molar-refractivity contribution in [3.8, 4) is 11.4 Å². The summed E-state index contributed by atoms with van der Waals surface area (Å²) in [6, 6.07) is 39.6. The van der Waals surface area contributed by atoms with Gasteiger partial charge in [-0.1, -0.05) is 91.0 Å². The first-order valence-electron chi connectivity index (χ1n) is 13.4. The summed E-state index contributed by atoms with van der Waals surface area (Å²) >= 11 is 1.89. The molecule has 0 N–H and O–H groups in total. The maximum absolute atomic E-state index is 6.18. The number of allylic oxidation sites excluding steroid dienone is 2. The first-order valence-corrected chi connectivity index (χ1v) is 14.2. The van der Waals surface area contributed by atoms with E-state index in [9.17, 15) is 0 Å². The summed E-state index contributed by atoms with van der Waals surface area (Å²) in [5.41, 5.74) is 7.53. The van der Waals surface area contributed by atoms with E-state index >= 15 is 0 Å². The molecule has 0 bridgehead atoms. The van der Waals surface area contributed by atoms with Gasteiger partial charge in [0, 0.05) is 37.7 Å². The Morgan fingerprint density at radius 3 is 2.26 bits per heavy atom. The van der Waals surface area contributed by atoms with Crippen LogP contribution in [0.1, 0.15) is 17.0 Å². The van der Waals surface area contributed by atoms with Gasteiger partial charge in [0.1, 0.15) is 11.9 Å². The molecular weight excluding hydrogens is 494 g/mol. The van der Waals surface area contributed by atoms with Gasteiger partial charge in [-0.25, -0.2) is 0 Å². The van der Waals surface area contributed by atoms with Crippen LogP contribution in [0.5, 0.6) is 5.75 Å². The molecule has 1 aliphatic heterocycles. The van der Waals surface area contributed by atoms with Crippen molar-refractivity contribution in [1.29, 1.82) is 0 Å². The van der Waals surface area contributed by atoms with E-state index < -0.39 is 0 Å². The van der Waals surface area contributed by atoms with Crippen LogP contribution in [-0.2, 0) is 0 Å². The standard InChI is InChI=1S/C36H23NOS/c1-4-12-30-24(8-1)25-9-2-5-13-31(25)37(30)32-14-7-11-28-27-18-16-23(21-35(27)39-36(28)32)22-17-19-34-29(20-22)26-10-3-6-15-33(26)38-34/h1-21,29,34H. The molecule has 3 heteroatoms. The molecule has 0 amide bonds. The van der Waals surface area contributed by atoms with Crippen molar-refractivity contribution < 1.29 is 4.74 Å². The van der Waals surface area contributed by atoms with Gasteiger partial charge in [-0.3, -0.25) is 0 Å². The molecule has 39 heavy (non-hydrogen) atoms. The molecule has 0 fully saturated rings. The molecule has 0 saturated heterocycles. The second kappa shape index (κ2) is 7.95. The highest BCUT2D eigenvalue weighted by Crippen LogP contribution is 2.45. The van der Waals surface area contributed by atoms with Gasteiger partial charge in [0.15, 0.2) is 0 Å². The Hall–Kier alpha value is -4.60. The van der Waals surface area contributed by atoms with E-state index in [-0.39, 0.29) is 12.0 Å². The van der Waals surface area contributed by atoms with Crippen LogP contribution in [0.15, 0.2) is 127 Å². The highest BCUT2D eigenvalue weighted by molar-refractivity contribution is 7.26. The number of benzene rings is 5. The fourth-order valence-electron chi connectivity index (χ4n) is 6.56. The molecule has 2 aliphatic rings. The summed E-state index contributed by atoms with van der Waals surface area (Å²) in [5.74, 6) is 1.27. The minimum Gasteiger partial charge on any atom is -0.485 e. The fourth-order valence-corrected chi connectivity index (χ4v) is 7.81. The van der Waals surface area contributed by atoms with Crippen LogP contribution >= 0.6 is 11.3 Å². The van der Waals surface area contributed by atoms with E-state index in [1.807, 2.05) is 17.4 Å². The van der Waals surface area contributed by atoms with Gasteiger partial charge >= 0.3 is 0 Å². The predicted octanol–water partition coefficient (Wildman–Crippen LogP) is 9.65. The van der Waals surface area contributed by atoms with Gasteiger partial charge in [0.05, 0.1) is 21.4 Å². The Morgan fingerprint density at radius 2 is 1.41 bits per heavy atom. The molecule has 5 aromatic carbocycles. The van der Waals surface area contributed by atoms with Crippen molar-refractivity contribution >= 4 is 58.9 Å².